The molecule has 0 spiro atoms. The number of rotatable bonds is 11. The zero-order valence-corrected chi connectivity index (χ0v) is 18.5. The molecule has 0 aromatic carbocycles. The Kier molecular flexibility index (Phi) is 9.03. The number of carbonyl (C=O) groups is 2. The zero-order valence-electron chi connectivity index (χ0n) is 18.5. The first-order valence-electron chi connectivity index (χ1n) is 10.0. The number of carbonyl (C=O) groups excluding carboxylic acids is 1. The summed E-state index contributed by atoms with van der Waals surface area (Å²) in [6, 6.07) is -1.40. The second kappa shape index (κ2) is 10.2. The number of hydrogen-bond acceptors (Lipinski definition) is 2. The van der Waals surface area contributed by atoms with Gasteiger partial charge in [0, 0.05) is 19.5 Å². The highest BCUT2D eigenvalue weighted by atomic mass is 19.4. The van der Waals surface area contributed by atoms with Crippen LogP contribution in [0.25, 0.3) is 0 Å². The van der Waals surface area contributed by atoms with Gasteiger partial charge in [-0.2, -0.15) is 74.6 Å². The largest absolute Gasteiger partial charge is 0.465 e. The number of halogens is 17. The topological polar surface area (TPSA) is 69.6 Å². The van der Waals surface area contributed by atoms with E-state index < -0.39 is 85.1 Å². The Bertz CT molecular complexity index is 919. The van der Waals surface area contributed by atoms with Crippen molar-refractivity contribution in [2.45, 2.75) is 79.4 Å². The lowest BCUT2D eigenvalue weighted by Gasteiger charge is -2.42. The minimum Gasteiger partial charge on any atom is -0.465 e. The third-order valence-electron chi connectivity index (χ3n) is 5.56. The van der Waals surface area contributed by atoms with Gasteiger partial charge in [-0.25, -0.2) is 4.79 Å². The molecular formula is C17H15F17N2O3. The molecule has 1 heterocycles. The predicted molar refractivity (Wildman–Crippen MR) is 90.7 cm³/mol. The van der Waals surface area contributed by atoms with E-state index in [4.69, 9.17) is 5.11 Å². The second-order valence-corrected chi connectivity index (χ2v) is 8.18. The number of hydrogen-bond donors (Lipinski definition) is 2. The molecule has 1 rings (SSSR count). The summed E-state index contributed by atoms with van der Waals surface area (Å²) in [5.74, 6) is -58.0. The Morgan fingerprint density at radius 1 is 0.692 bits per heavy atom. The molecule has 230 valence electrons. The lowest BCUT2D eigenvalue weighted by atomic mass is 9.88. The van der Waals surface area contributed by atoms with E-state index in [0.29, 0.717) is 4.90 Å². The fourth-order valence-corrected chi connectivity index (χ4v) is 3.26. The molecule has 0 aromatic rings. The highest BCUT2D eigenvalue weighted by Gasteiger charge is 2.95. The van der Waals surface area contributed by atoms with Gasteiger partial charge in [0.1, 0.15) is 6.04 Å². The molecule has 5 nitrogen and oxygen atoms in total. The van der Waals surface area contributed by atoms with Crippen molar-refractivity contribution in [2.24, 2.45) is 0 Å². The Morgan fingerprint density at radius 3 is 1.51 bits per heavy atom. The van der Waals surface area contributed by atoms with E-state index in [-0.39, 0.29) is 19.4 Å². The first-order chi connectivity index (χ1) is 17.1. The van der Waals surface area contributed by atoms with Gasteiger partial charge < -0.3 is 10.4 Å². The highest BCUT2D eigenvalue weighted by Crippen LogP contribution is 2.64. The van der Waals surface area contributed by atoms with Crippen LogP contribution in [0.4, 0.5) is 79.4 Å². The van der Waals surface area contributed by atoms with Gasteiger partial charge in [-0.1, -0.05) is 0 Å². The maximum atomic E-state index is 13.8. The van der Waals surface area contributed by atoms with E-state index in [2.05, 4.69) is 0 Å². The van der Waals surface area contributed by atoms with Crippen LogP contribution in [0.1, 0.15) is 25.7 Å². The molecule has 22 heteroatoms. The molecule has 1 saturated heterocycles. The van der Waals surface area contributed by atoms with Gasteiger partial charge in [0.25, 0.3) is 0 Å². The summed E-state index contributed by atoms with van der Waals surface area (Å²) in [6.07, 6.45) is -13.6. The molecule has 0 unspecified atom stereocenters. The standard InChI is InChI=1S/C17H15F17N2O3/c18-10(19,4-2-5-35-8(37)7-3-1-6-36(7)9(38)39)11(20,21)12(22,23)13(24,25)14(26,27)15(28,29)16(30,31)17(32,33)34/h7H,1-6H2,(H,35,37)(H,38,39)/t7-/m0/s1. The SMILES string of the molecule is O=C(NCCCC(F)(F)C(F)(F)C(F)(F)C(F)(F)C(F)(F)C(F)(F)C(F)(F)C(F)(F)F)[C@@H]1CCCN1C(=O)O. The summed E-state index contributed by atoms with van der Waals surface area (Å²) in [4.78, 5) is 23.4. The lowest BCUT2D eigenvalue weighted by Crippen LogP contribution is -2.74. The van der Waals surface area contributed by atoms with E-state index in [1.807, 2.05) is 0 Å². The molecule has 0 bridgehead atoms. The molecule has 0 aromatic heterocycles. The lowest BCUT2D eigenvalue weighted by molar-refractivity contribution is -0.461. The number of likely N-dealkylation sites (tertiary alicyclic amines) is 1. The van der Waals surface area contributed by atoms with E-state index in [9.17, 15) is 84.2 Å². The first kappa shape index (κ1) is 34.6. The molecule has 1 aliphatic rings. The van der Waals surface area contributed by atoms with E-state index in [0.717, 1.165) is 0 Å². The summed E-state index contributed by atoms with van der Waals surface area (Å²) in [5, 5.41) is 10.6. The van der Waals surface area contributed by atoms with Crippen LogP contribution in [-0.4, -0.2) is 88.8 Å². The van der Waals surface area contributed by atoms with E-state index in [1.54, 1.807) is 5.32 Å². The molecule has 1 aliphatic heterocycles. The third kappa shape index (κ3) is 5.34. The molecule has 2 amide bonds. The molecule has 0 radical (unpaired) electrons. The molecule has 2 N–H and O–H groups in total. The van der Waals surface area contributed by atoms with Crippen LogP contribution in [-0.2, 0) is 4.79 Å². The predicted octanol–water partition coefficient (Wildman–Crippen LogP) is 6.03. The maximum Gasteiger partial charge on any atom is 0.460 e. The van der Waals surface area contributed by atoms with Crippen molar-refractivity contribution < 1.29 is 89.3 Å². The van der Waals surface area contributed by atoms with Crippen molar-refractivity contribution in [1.82, 2.24) is 10.2 Å². The van der Waals surface area contributed by atoms with Crippen molar-refractivity contribution in [3.8, 4) is 0 Å². The van der Waals surface area contributed by atoms with Gasteiger partial charge in [0.15, 0.2) is 0 Å². The van der Waals surface area contributed by atoms with Gasteiger partial charge >= 0.3 is 53.7 Å². The first-order valence-corrected chi connectivity index (χ1v) is 10.0. The monoisotopic (exact) mass is 618 g/mol. The number of carboxylic acid groups (broad SMARTS) is 1. The van der Waals surface area contributed by atoms with Crippen molar-refractivity contribution in [3.63, 3.8) is 0 Å². The zero-order chi connectivity index (χ0) is 31.3. The van der Waals surface area contributed by atoms with Gasteiger partial charge in [0.05, 0.1) is 0 Å². The van der Waals surface area contributed by atoms with Crippen LogP contribution in [0.3, 0.4) is 0 Å². The normalized spacial score (nSPS) is 18.9. The maximum absolute atomic E-state index is 13.8. The summed E-state index contributed by atoms with van der Waals surface area (Å²) < 4.78 is 225. The van der Waals surface area contributed by atoms with Crippen molar-refractivity contribution in [3.05, 3.63) is 0 Å². The molecule has 0 saturated carbocycles. The average molecular weight is 618 g/mol. The van der Waals surface area contributed by atoms with Crippen LogP contribution in [0.2, 0.25) is 0 Å². The van der Waals surface area contributed by atoms with Crippen LogP contribution in [0, 0.1) is 0 Å². The van der Waals surface area contributed by atoms with Gasteiger partial charge in [0.2, 0.25) is 5.91 Å². The molecule has 1 fully saturated rings. The van der Waals surface area contributed by atoms with Crippen molar-refractivity contribution >= 4 is 12.0 Å². The van der Waals surface area contributed by atoms with Crippen LogP contribution < -0.4 is 5.32 Å². The smallest absolute Gasteiger partial charge is 0.460 e. The summed E-state index contributed by atoms with van der Waals surface area (Å²) >= 11 is 0. The fraction of sp³-hybridized carbons (Fsp3) is 0.882. The number of alkyl halides is 17. The number of amides is 2. The highest BCUT2D eigenvalue weighted by molar-refractivity contribution is 5.85. The van der Waals surface area contributed by atoms with Crippen molar-refractivity contribution in [2.75, 3.05) is 13.1 Å². The van der Waals surface area contributed by atoms with Gasteiger partial charge in [-0.3, -0.25) is 9.69 Å². The van der Waals surface area contributed by atoms with Crippen LogP contribution in [0.5, 0.6) is 0 Å². The second-order valence-electron chi connectivity index (χ2n) is 8.18. The van der Waals surface area contributed by atoms with E-state index >= 15 is 0 Å². The minimum absolute atomic E-state index is 0.0973. The van der Waals surface area contributed by atoms with E-state index in [1.165, 1.54) is 0 Å². The summed E-state index contributed by atoms with van der Waals surface area (Å²) in [7, 11) is 0. The molecule has 1 atom stereocenters. The van der Waals surface area contributed by atoms with Crippen LogP contribution in [0.15, 0.2) is 0 Å². The van der Waals surface area contributed by atoms with Crippen molar-refractivity contribution in [1.29, 1.82) is 0 Å². The Balaban J connectivity index is 3.14. The number of nitrogens with zero attached hydrogens (tertiary/aromatic N) is 1. The summed E-state index contributed by atoms with van der Waals surface area (Å²) in [5.41, 5.74) is 0. The van der Waals surface area contributed by atoms with Crippen LogP contribution >= 0.6 is 0 Å². The Morgan fingerprint density at radius 2 is 1.10 bits per heavy atom. The third-order valence-corrected chi connectivity index (χ3v) is 5.56. The summed E-state index contributed by atoms with van der Waals surface area (Å²) in [6.45, 7) is -1.32. The van der Waals surface area contributed by atoms with Gasteiger partial charge in [-0.15, -0.1) is 0 Å². The van der Waals surface area contributed by atoms with Gasteiger partial charge in [-0.05, 0) is 19.3 Å². The molecule has 39 heavy (non-hydrogen) atoms. The number of nitrogens with one attached hydrogen (secondary N) is 1. The quantitative estimate of drug-likeness (QED) is 0.220. The molecular weight excluding hydrogens is 603 g/mol. The Labute approximate surface area is 205 Å². The fourth-order valence-electron chi connectivity index (χ4n) is 3.26. The average Bonchev–Trinajstić information content (AvgIpc) is 3.25. The minimum atomic E-state index is -8.69. The molecule has 0 aliphatic carbocycles. The Hall–Kier alpha value is -2.45.